The highest BCUT2D eigenvalue weighted by atomic mass is 14.5. The molecule has 0 amide bonds. The maximum absolute atomic E-state index is 5.39. The van der Waals surface area contributed by atoms with E-state index < -0.39 is 0 Å². The largest absolute Gasteiger partial charge is 0.326 e. The molecule has 0 bridgehead atoms. The van der Waals surface area contributed by atoms with Crippen molar-refractivity contribution >= 4 is 0 Å². The molecule has 0 saturated carbocycles. The van der Waals surface area contributed by atoms with Crippen molar-refractivity contribution in [1.29, 1.82) is 0 Å². The van der Waals surface area contributed by atoms with Crippen molar-refractivity contribution in [2.75, 3.05) is 0 Å². The van der Waals surface area contributed by atoms with Gasteiger partial charge in [0.2, 0.25) is 0 Å². The van der Waals surface area contributed by atoms with Crippen molar-refractivity contribution < 1.29 is 0 Å². The predicted octanol–water partition coefficient (Wildman–Crippen LogP) is 1.13. The summed E-state index contributed by atoms with van der Waals surface area (Å²) in [7, 11) is 0. The normalized spacial score (nSPS) is 8.80. The van der Waals surface area contributed by atoms with Gasteiger partial charge in [0.05, 0.1) is 0 Å². The molecule has 0 aromatic heterocycles. The Morgan fingerprint density at radius 3 is 2.30 bits per heavy atom. The van der Waals surface area contributed by atoms with Crippen molar-refractivity contribution in [3.05, 3.63) is 35.4 Å². The summed E-state index contributed by atoms with van der Waals surface area (Å²) >= 11 is 0. The Bertz CT molecular complexity index is 240. The van der Waals surface area contributed by atoms with E-state index in [1.807, 2.05) is 24.3 Å². The van der Waals surface area contributed by atoms with Crippen LogP contribution in [0.4, 0.5) is 0 Å². The summed E-state index contributed by atoms with van der Waals surface area (Å²) in [5.74, 6) is 2.54. The van der Waals surface area contributed by atoms with Crippen molar-refractivity contribution in [1.82, 2.24) is 0 Å². The van der Waals surface area contributed by atoms with Crippen LogP contribution in [-0.2, 0) is 6.54 Å². The van der Waals surface area contributed by atoms with E-state index in [1.165, 1.54) is 0 Å². The minimum atomic E-state index is 0.574. The summed E-state index contributed by atoms with van der Waals surface area (Å²) in [5, 5.41) is 0. The van der Waals surface area contributed by atoms with Crippen LogP contribution in [0.3, 0.4) is 0 Å². The predicted molar refractivity (Wildman–Crippen MR) is 42.3 cm³/mol. The molecule has 1 nitrogen and oxygen atoms in total. The first kappa shape index (κ1) is 6.85. The third-order valence-corrected chi connectivity index (χ3v) is 1.36. The fraction of sp³-hybridized carbons (Fsp3) is 0.111. The first-order valence-electron chi connectivity index (χ1n) is 3.12. The molecule has 0 unspecified atom stereocenters. The van der Waals surface area contributed by atoms with Crippen LogP contribution < -0.4 is 5.73 Å². The fourth-order valence-corrected chi connectivity index (χ4v) is 0.737. The fourth-order valence-electron chi connectivity index (χ4n) is 0.737. The number of rotatable bonds is 1. The van der Waals surface area contributed by atoms with E-state index >= 15 is 0 Å². The third kappa shape index (κ3) is 1.37. The number of nitrogens with two attached hydrogens (primary N) is 1. The average molecular weight is 131 g/mol. The molecule has 2 N–H and O–H groups in total. The van der Waals surface area contributed by atoms with Gasteiger partial charge in [-0.3, -0.25) is 0 Å². The monoisotopic (exact) mass is 131 g/mol. The first-order valence-corrected chi connectivity index (χ1v) is 3.12. The first-order chi connectivity index (χ1) is 4.86. The molecule has 0 atom stereocenters. The molecule has 1 heteroatoms. The van der Waals surface area contributed by atoms with Gasteiger partial charge in [-0.2, -0.15) is 0 Å². The van der Waals surface area contributed by atoms with Crippen LogP contribution in [0.15, 0.2) is 24.3 Å². The van der Waals surface area contributed by atoms with Crippen molar-refractivity contribution in [2.24, 2.45) is 5.73 Å². The molecule has 0 fully saturated rings. The molecule has 0 heterocycles. The molecule has 0 spiro atoms. The number of terminal acetylenes is 1. The third-order valence-electron chi connectivity index (χ3n) is 1.36. The zero-order valence-electron chi connectivity index (χ0n) is 5.67. The molecule has 1 rings (SSSR count). The molecule has 0 saturated heterocycles. The lowest BCUT2D eigenvalue weighted by molar-refractivity contribution is 1.07. The molecule has 0 radical (unpaired) electrons. The quantitative estimate of drug-likeness (QED) is 0.568. The standard InChI is InChI=1S/C9H9N/c1-2-8-3-5-9(7-10)6-4-8/h1,3-6H,7,10H2. The minimum absolute atomic E-state index is 0.574. The lowest BCUT2D eigenvalue weighted by Gasteiger charge is -1.94. The Hall–Kier alpha value is -1.26. The van der Waals surface area contributed by atoms with Gasteiger partial charge in [0.25, 0.3) is 0 Å². The van der Waals surface area contributed by atoms with Crippen LogP contribution in [-0.4, -0.2) is 0 Å². The Morgan fingerprint density at radius 1 is 1.30 bits per heavy atom. The smallest absolute Gasteiger partial charge is 0.0242 e. The minimum Gasteiger partial charge on any atom is -0.326 e. The van der Waals surface area contributed by atoms with E-state index in [1.54, 1.807) is 0 Å². The summed E-state index contributed by atoms with van der Waals surface area (Å²) in [6.07, 6.45) is 5.16. The number of hydrogen-bond donors (Lipinski definition) is 1. The van der Waals surface area contributed by atoms with Crippen LogP contribution in [0, 0.1) is 12.3 Å². The van der Waals surface area contributed by atoms with Crippen LogP contribution in [0.2, 0.25) is 0 Å². The second-order valence-corrected chi connectivity index (χ2v) is 2.05. The van der Waals surface area contributed by atoms with E-state index in [0.717, 1.165) is 11.1 Å². The van der Waals surface area contributed by atoms with E-state index in [-0.39, 0.29) is 0 Å². The molecule has 1 aromatic rings. The molecule has 0 aliphatic rings. The Balaban J connectivity index is 2.93. The molecule has 50 valence electrons. The molecule has 0 aliphatic carbocycles. The van der Waals surface area contributed by atoms with Gasteiger partial charge in [0, 0.05) is 12.1 Å². The summed E-state index contributed by atoms with van der Waals surface area (Å²) in [6, 6.07) is 7.66. The van der Waals surface area contributed by atoms with Crippen LogP contribution in [0.1, 0.15) is 11.1 Å². The molecule has 0 aliphatic heterocycles. The Kier molecular flexibility index (Phi) is 2.09. The van der Waals surface area contributed by atoms with E-state index in [0.29, 0.717) is 6.54 Å². The summed E-state index contributed by atoms with van der Waals surface area (Å²) in [6.45, 7) is 0.574. The van der Waals surface area contributed by atoms with Gasteiger partial charge >= 0.3 is 0 Å². The van der Waals surface area contributed by atoms with Gasteiger partial charge < -0.3 is 5.73 Å². The van der Waals surface area contributed by atoms with Gasteiger partial charge in [-0.15, -0.1) is 6.42 Å². The highest BCUT2D eigenvalue weighted by Gasteiger charge is 1.87. The zero-order valence-corrected chi connectivity index (χ0v) is 5.67. The maximum Gasteiger partial charge on any atom is 0.0242 e. The Labute approximate surface area is 60.9 Å². The van der Waals surface area contributed by atoms with Gasteiger partial charge in [-0.25, -0.2) is 0 Å². The molecular weight excluding hydrogens is 122 g/mol. The highest BCUT2D eigenvalue weighted by molar-refractivity contribution is 5.33. The molecular formula is C9H9N. The maximum atomic E-state index is 5.39. The SMILES string of the molecule is C#Cc1ccc(CN)cc1. The van der Waals surface area contributed by atoms with Crippen LogP contribution in [0.5, 0.6) is 0 Å². The second kappa shape index (κ2) is 3.05. The molecule has 1 aromatic carbocycles. The highest BCUT2D eigenvalue weighted by Crippen LogP contribution is 2.01. The zero-order chi connectivity index (χ0) is 7.40. The lowest BCUT2D eigenvalue weighted by atomic mass is 10.1. The topological polar surface area (TPSA) is 26.0 Å². The van der Waals surface area contributed by atoms with E-state index in [9.17, 15) is 0 Å². The Morgan fingerprint density at radius 2 is 1.90 bits per heavy atom. The average Bonchev–Trinajstić information content (AvgIpc) is 2.05. The van der Waals surface area contributed by atoms with E-state index in [2.05, 4.69) is 5.92 Å². The van der Waals surface area contributed by atoms with Gasteiger partial charge in [-0.1, -0.05) is 18.1 Å². The number of benzene rings is 1. The number of hydrogen-bond acceptors (Lipinski definition) is 1. The summed E-state index contributed by atoms with van der Waals surface area (Å²) in [4.78, 5) is 0. The van der Waals surface area contributed by atoms with Gasteiger partial charge in [0.15, 0.2) is 0 Å². The molecule has 10 heavy (non-hydrogen) atoms. The van der Waals surface area contributed by atoms with E-state index in [4.69, 9.17) is 12.2 Å². The summed E-state index contributed by atoms with van der Waals surface area (Å²) < 4.78 is 0. The van der Waals surface area contributed by atoms with Crippen molar-refractivity contribution in [2.45, 2.75) is 6.54 Å². The van der Waals surface area contributed by atoms with Crippen molar-refractivity contribution in [3.63, 3.8) is 0 Å². The van der Waals surface area contributed by atoms with Crippen molar-refractivity contribution in [3.8, 4) is 12.3 Å². The van der Waals surface area contributed by atoms with Gasteiger partial charge in [-0.05, 0) is 17.7 Å². The summed E-state index contributed by atoms with van der Waals surface area (Å²) in [5.41, 5.74) is 7.40. The van der Waals surface area contributed by atoms with Crippen LogP contribution in [0.25, 0.3) is 0 Å². The second-order valence-electron chi connectivity index (χ2n) is 2.05. The van der Waals surface area contributed by atoms with Gasteiger partial charge in [0.1, 0.15) is 0 Å². The van der Waals surface area contributed by atoms with Crippen LogP contribution >= 0.6 is 0 Å². The lowest BCUT2D eigenvalue weighted by Crippen LogP contribution is -1.94.